The molecule has 6 heteroatoms. The summed E-state index contributed by atoms with van der Waals surface area (Å²) in [7, 11) is 0. The van der Waals surface area contributed by atoms with Gasteiger partial charge in [-0.3, -0.25) is 0 Å². The Labute approximate surface area is 201 Å². The first-order valence-electron chi connectivity index (χ1n) is 13.9. The van der Waals surface area contributed by atoms with Crippen LogP contribution in [0.5, 0.6) is 0 Å². The van der Waals surface area contributed by atoms with Gasteiger partial charge < -0.3 is 31.3 Å². The number of hydrogen-bond donors (Lipinski definition) is 6. The van der Waals surface area contributed by atoms with Crippen molar-refractivity contribution in [3.8, 4) is 0 Å². The summed E-state index contributed by atoms with van der Waals surface area (Å²) in [6.07, 6.45) is 11.5. The predicted molar refractivity (Wildman–Crippen MR) is 133 cm³/mol. The van der Waals surface area contributed by atoms with Gasteiger partial charge in [-0.2, -0.15) is 0 Å². The second kappa shape index (κ2) is 10.0. The van der Waals surface area contributed by atoms with Gasteiger partial charge in [0.25, 0.3) is 0 Å². The van der Waals surface area contributed by atoms with Gasteiger partial charge in [0.2, 0.25) is 0 Å². The quantitative estimate of drug-likeness (QED) is 0.313. The number of nitrogens with one attached hydrogen (secondary N) is 3. The zero-order chi connectivity index (χ0) is 23.9. The highest BCUT2D eigenvalue weighted by Crippen LogP contribution is 2.45. The molecule has 4 aliphatic rings. The third-order valence-corrected chi connectivity index (χ3v) is 10.1. The second-order valence-electron chi connectivity index (χ2n) is 12.8. The summed E-state index contributed by atoms with van der Waals surface area (Å²) < 4.78 is 0. The first kappa shape index (κ1) is 25.8. The minimum atomic E-state index is -0.689. The lowest BCUT2D eigenvalue weighted by Crippen LogP contribution is -2.50. The third kappa shape index (κ3) is 5.62. The normalized spacial score (nSPS) is 41.4. The monoisotopic (exact) mass is 465 g/mol. The molecular formula is C27H51N3O3. The lowest BCUT2D eigenvalue weighted by molar-refractivity contribution is -0.0314. The lowest BCUT2D eigenvalue weighted by atomic mass is 9.78. The lowest BCUT2D eigenvalue weighted by Gasteiger charge is -2.37. The molecule has 3 saturated heterocycles. The van der Waals surface area contributed by atoms with Gasteiger partial charge in [-0.05, 0) is 122 Å². The third-order valence-electron chi connectivity index (χ3n) is 10.1. The van der Waals surface area contributed by atoms with Crippen LogP contribution in [0, 0.1) is 17.8 Å². The first-order chi connectivity index (χ1) is 15.5. The summed E-state index contributed by atoms with van der Waals surface area (Å²) in [6.45, 7) is 9.96. The molecule has 0 aromatic rings. The highest BCUT2D eigenvalue weighted by atomic mass is 16.3. The molecule has 6 N–H and O–H groups in total. The van der Waals surface area contributed by atoms with Crippen LogP contribution >= 0.6 is 0 Å². The molecule has 1 aliphatic carbocycles. The maximum atomic E-state index is 11.6. The Morgan fingerprint density at radius 1 is 0.848 bits per heavy atom. The van der Waals surface area contributed by atoms with Crippen molar-refractivity contribution in [1.82, 2.24) is 16.0 Å². The van der Waals surface area contributed by atoms with Gasteiger partial charge in [0.15, 0.2) is 0 Å². The molecule has 33 heavy (non-hydrogen) atoms. The molecule has 4 fully saturated rings. The molecule has 0 aromatic carbocycles. The molecule has 0 amide bonds. The molecule has 0 bridgehead atoms. The van der Waals surface area contributed by atoms with E-state index in [1.807, 2.05) is 13.8 Å². The van der Waals surface area contributed by atoms with Crippen molar-refractivity contribution >= 4 is 0 Å². The van der Waals surface area contributed by atoms with Gasteiger partial charge in [-0.1, -0.05) is 6.92 Å². The number of aliphatic hydroxyl groups is 3. The van der Waals surface area contributed by atoms with Crippen LogP contribution in [-0.4, -0.2) is 69.4 Å². The molecule has 0 aromatic heterocycles. The molecule has 192 valence electrons. The minimum Gasteiger partial charge on any atom is -0.389 e. The van der Waals surface area contributed by atoms with Crippen molar-refractivity contribution in [2.75, 3.05) is 13.1 Å². The van der Waals surface area contributed by atoms with E-state index in [-0.39, 0.29) is 18.1 Å². The zero-order valence-electron chi connectivity index (χ0n) is 21.6. The molecule has 3 aliphatic heterocycles. The van der Waals surface area contributed by atoms with Crippen LogP contribution in [0.4, 0.5) is 0 Å². The summed E-state index contributed by atoms with van der Waals surface area (Å²) >= 11 is 0. The Bertz CT molecular complexity index is 645. The van der Waals surface area contributed by atoms with Crippen LogP contribution in [0.15, 0.2) is 0 Å². The number of rotatable bonds is 9. The summed E-state index contributed by atoms with van der Waals surface area (Å²) in [5, 5.41) is 44.1. The van der Waals surface area contributed by atoms with Crippen LogP contribution < -0.4 is 16.0 Å². The minimum absolute atomic E-state index is 0.145. The van der Waals surface area contributed by atoms with Crippen LogP contribution in [0.25, 0.3) is 0 Å². The van der Waals surface area contributed by atoms with Gasteiger partial charge in [0, 0.05) is 24.2 Å². The summed E-state index contributed by atoms with van der Waals surface area (Å²) in [4.78, 5) is 0. The van der Waals surface area contributed by atoms with Crippen molar-refractivity contribution in [2.45, 2.75) is 139 Å². The van der Waals surface area contributed by atoms with Crippen LogP contribution in [0.1, 0.15) is 98.3 Å². The average molecular weight is 466 g/mol. The van der Waals surface area contributed by atoms with E-state index >= 15 is 0 Å². The van der Waals surface area contributed by atoms with E-state index in [0.29, 0.717) is 23.8 Å². The van der Waals surface area contributed by atoms with Crippen LogP contribution in [0.3, 0.4) is 0 Å². The van der Waals surface area contributed by atoms with Gasteiger partial charge >= 0.3 is 0 Å². The summed E-state index contributed by atoms with van der Waals surface area (Å²) in [6, 6.07) is 1.04. The van der Waals surface area contributed by atoms with E-state index in [9.17, 15) is 15.3 Å². The van der Waals surface area contributed by atoms with E-state index in [4.69, 9.17) is 0 Å². The van der Waals surface area contributed by atoms with Crippen molar-refractivity contribution in [3.63, 3.8) is 0 Å². The van der Waals surface area contributed by atoms with E-state index in [1.54, 1.807) is 0 Å². The Kier molecular flexibility index (Phi) is 7.85. The number of hydrogen-bond acceptors (Lipinski definition) is 6. The molecule has 9 atom stereocenters. The van der Waals surface area contributed by atoms with Crippen LogP contribution in [0.2, 0.25) is 0 Å². The van der Waals surface area contributed by atoms with E-state index in [1.165, 1.54) is 12.8 Å². The predicted octanol–water partition coefficient (Wildman–Crippen LogP) is 2.70. The molecule has 5 unspecified atom stereocenters. The zero-order valence-corrected chi connectivity index (χ0v) is 21.6. The molecule has 3 heterocycles. The molecular weight excluding hydrogens is 414 g/mol. The highest BCUT2D eigenvalue weighted by Gasteiger charge is 2.48. The fourth-order valence-electron chi connectivity index (χ4n) is 7.57. The van der Waals surface area contributed by atoms with E-state index < -0.39 is 16.8 Å². The van der Waals surface area contributed by atoms with E-state index in [0.717, 1.165) is 70.9 Å². The fourth-order valence-corrected chi connectivity index (χ4v) is 7.57. The topological polar surface area (TPSA) is 96.8 Å². The van der Waals surface area contributed by atoms with Gasteiger partial charge in [0.1, 0.15) is 0 Å². The Morgan fingerprint density at radius 3 is 2.27 bits per heavy atom. The van der Waals surface area contributed by atoms with Crippen molar-refractivity contribution in [2.24, 2.45) is 17.8 Å². The molecule has 0 radical (unpaired) electrons. The van der Waals surface area contributed by atoms with Crippen molar-refractivity contribution in [3.05, 3.63) is 0 Å². The summed E-state index contributed by atoms with van der Waals surface area (Å²) in [5.41, 5.74) is -1.95. The Balaban J connectivity index is 1.26. The average Bonchev–Trinajstić information content (AvgIpc) is 3.57. The molecule has 6 nitrogen and oxygen atoms in total. The second-order valence-corrected chi connectivity index (χ2v) is 12.8. The molecule has 0 spiro atoms. The van der Waals surface area contributed by atoms with Gasteiger partial charge in [-0.15, -0.1) is 0 Å². The molecule has 4 rings (SSSR count). The smallest absolute Gasteiger partial charge is 0.0800 e. The van der Waals surface area contributed by atoms with Gasteiger partial charge in [0.05, 0.1) is 16.8 Å². The molecule has 1 saturated carbocycles. The van der Waals surface area contributed by atoms with Crippen molar-refractivity contribution in [1.29, 1.82) is 0 Å². The maximum Gasteiger partial charge on any atom is 0.0800 e. The maximum absolute atomic E-state index is 11.6. The Hall–Kier alpha value is -0.240. The summed E-state index contributed by atoms with van der Waals surface area (Å²) in [5.74, 6) is 1.46. The highest BCUT2D eigenvalue weighted by molar-refractivity contribution is 5.04. The standard InChI is InChI=1S/C27H51N3O3/c1-5-27(33,23-7-6-14-28-23)13-12-18-15-24(29-17-18)26(4,32)20-9-8-19(16-20)21-10-11-22(30-21)25(2,3)31/h18-24,28-33H,5-17H2,1-4H3/t18?,19?,20?,21?,22-,23-,24-,26+,27?/m0/s1. The fraction of sp³-hybridized carbons (Fsp3) is 1.00. The van der Waals surface area contributed by atoms with Gasteiger partial charge in [-0.25, -0.2) is 0 Å². The Morgan fingerprint density at radius 2 is 1.64 bits per heavy atom. The SMILES string of the molecule is CCC(O)(CCC1CN[C@H]([C@](C)(O)C2CCC(C3CC[C@@H](C(C)(C)O)N3)C2)C1)[C@@H]1CCCN1. The largest absolute Gasteiger partial charge is 0.389 e. The first-order valence-corrected chi connectivity index (χ1v) is 13.9. The van der Waals surface area contributed by atoms with Crippen molar-refractivity contribution < 1.29 is 15.3 Å². The van der Waals surface area contributed by atoms with E-state index in [2.05, 4.69) is 29.8 Å². The van der Waals surface area contributed by atoms with Crippen LogP contribution in [-0.2, 0) is 0 Å².